The number of ether oxygens (including phenoxy) is 2. The molecule has 0 saturated carbocycles. The van der Waals surface area contributed by atoms with Crippen molar-refractivity contribution in [3.8, 4) is 0 Å². The standard InChI is InChI=1S/C23H22N2O5S/c1-12-17(22(27)29-2)19(14-7-4-5-9-24-14)20-15(25-12)11-13(16-8-6-10-31-16)18(21(20)26)23(28)30-3/h4-10,13,18-19,25H,11H2,1-3H3/t13-,18-,19+/m0/s1. The van der Waals surface area contributed by atoms with Crippen molar-refractivity contribution in [3.05, 3.63) is 75.0 Å². The quantitative estimate of drug-likeness (QED) is 0.579. The van der Waals surface area contributed by atoms with E-state index in [1.807, 2.05) is 17.5 Å². The van der Waals surface area contributed by atoms with Gasteiger partial charge in [0, 0.05) is 34.0 Å². The average molecular weight is 439 g/mol. The summed E-state index contributed by atoms with van der Waals surface area (Å²) in [4.78, 5) is 44.6. The van der Waals surface area contributed by atoms with Gasteiger partial charge in [-0.2, -0.15) is 0 Å². The fraction of sp³-hybridized carbons (Fsp3) is 0.304. The maximum Gasteiger partial charge on any atom is 0.336 e. The van der Waals surface area contributed by atoms with Crippen molar-refractivity contribution >= 4 is 29.1 Å². The van der Waals surface area contributed by atoms with Crippen LogP contribution in [0.2, 0.25) is 0 Å². The number of hydrogen-bond donors (Lipinski definition) is 1. The smallest absolute Gasteiger partial charge is 0.336 e. The summed E-state index contributed by atoms with van der Waals surface area (Å²) in [7, 11) is 2.58. The van der Waals surface area contributed by atoms with Crippen LogP contribution in [0.1, 0.15) is 35.8 Å². The highest BCUT2D eigenvalue weighted by Crippen LogP contribution is 2.48. The first-order valence-corrected chi connectivity index (χ1v) is 10.7. The van der Waals surface area contributed by atoms with Crippen molar-refractivity contribution in [2.45, 2.75) is 25.2 Å². The van der Waals surface area contributed by atoms with E-state index >= 15 is 0 Å². The molecular weight excluding hydrogens is 416 g/mol. The largest absolute Gasteiger partial charge is 0.468 e. The van der Waals surface area contributed by atoms with Crippen LogP contribution in [-0.4, -0.2) is 36.9 Å². The number of rotatable bonds is 4. The first kappa shape index (κ1) is 21.0. The second-order valence-electron chi connectivity index (χ2n) is 7.43. The van der Waals surface area contributed by atoms with E-state index in [4.69, 9.17) is 9.47 Å². The molecule has 3 heterocycles. The van der Waals surface area contributed by atoms with Crippen LogP contribution in [0, 0.1) is 5.92 Å². The number of dihydropyridines is 1. The summed E-state index contributed by atoms with van der Waals surface area (Å²) in [5.41, 5.74) is 2.53. The summed E-state index contributed by atoms with van der Waals surface area (Å²) < 4.78 is 10.0. The van der Waals surface area contributed by atoms with E-state index in [0.29, 0.717) is 34.7 Å². The SMILES string of the molecule is COC(=O)C1=C(C)NC2=C(C(=O)[C@@H](C(=O)OC)[C@H](c3cccs3)C2)[C@@H]1c1ccccn1. The summed E-state index contributed by atoms with van der Waals surface area (Å²) in [6.07, 6.45) is 2.05. The fourth-order valence-electron chi connectivity index (χ4n) is 4.42. The predicted octanol–water partition coefficient (Wildman–Crippen LogP) is 3.08. The van der Waals surface area contributed by atoms with E-state index in [-0.39, 0.29) is 11.7 Å². The van der Waals surface area contributed by atoms with E-state index in [9.17, 15) is 14.4 Å². The molecule has 0 fully saturated rings. The first-order valence-electron chi connectivity index (χ1n) is 9.83. The lowest BCUT2D eigenvalue weighted by molar-refractivity contribution is -0.149. The van der Waals surface area contributed by atoms with Gasteiger partial charge in [0.15, 0.2) is 5.78 Å². The van der Waals surface area contributed by atoms with Crippen LogP contribution in [0.3, 0.4) is 0 Å². The van der Waals surface area contributed by atoms with Gasteiger partial charge >= 0.3 is 11.9 Å². The van der Waals surface area contributed by atoms with Crippen molar-refractivity contribution in [2.75, 3.05) is 14.2 Å². The molecule has 1 aliphatic carbocycles. The van der Waals surface area contributed by atoms with E-state index in [1.165, 1.54) is 25.6 Å². The van der Waals surface area contributed by atoms with Crippen molar-refractivity contribution in [1.82, 2.24) is 10.3 Å². The summed E-state index contributed by atoms with van der Waals surface area (Å²) in [6.45, 7) is 1.78. The van der Waals surface area contributed by atoms with E-state index < -0.39 is 23.8 Å². The zero-order valence-corrected chi connectivity index (χ0v) is 18.2. The fourth-order valence-corrected chi connectivity index (χ4v) is 5.29. The molecule has 0 unspecified atom stereocenters. The Kier molecular flexibility index (Phi) is 5.73. The number of aromatic nitrogens is 1. The van der Waals surface area contributed by atoms with Crippen molar-refractivity contribution in [1.29, 1.82) is 0 Å². The number of hydrogen-bond acceptors (Lipinski definition) is 8. The highest BCUT2D eigenvalue weighted by atomic mass is 32.1. The molecule has 0 saturated heterocycles. The molecule has 4 rings (SSSR count). The zero-order valence-electron chi connectivity index (χ0n) is 17.4. The molecule has 2 aromatic rings. The molecule has 3 atom stereocenters. The third kappa shape index (κ3) is 3.57. The second-order valence-corrected chi connectivity index (χ2v) is 8.41. The highest BCUT2D eigenvalue weighted by Gasteiger charge is 2.49. The minimum atomic E-state index is -0.993. The van der Waals surface area contributed by atoms with Gasteiger partial charge in [-0.1, -0.05) is 12.1 Å². The minimum Gasteiger partial charge on any atom is -0.468 e. The molecule has 31 heavy (non-hydrogen) atoms. The lowest BCUT2D eigenvalue weighted by atomic mass is 9.69. The molecule has 1 N–H and O–H groups in total. The minimum absolute atomic E-state index is 0.312. The molecule has 0 radical (unpaired) electrons. The Bertz CT molecular complexity index is 1090. The Balaban J connectivity index is 1.90. The van der Waals surface area contributed by atoms with Crippen molar-refractivity contribution in [2.24, 2.45) is 5.92 Å². The van der Waals surface area contributed by atoms with Crippen LogP contribution in [0.5, 0.6) is 0 Å². The molecule has 0 aromatic carbocycles. The summed E-state index contributed by atoms with van der Waals surface area (Å²) in [5, 5.41) is 5.17. The van der Waals surface area contributed by atoms with Gasteiger partial charge in [-0.25, -0.2) is 4.79 Å². The normalized spacial score (nSPS) is 23.2. The number of allylic oxidation sites excluding steroid dienone is 3. The van der Waals surface area contributed by atoms with Crippen LogP contribution in [0.15, 0.2) is 64.4 Å². The van der Waals surface area contributed by atoms with Gasteiger partial charge in [0.05, 0.1) is 31.4 Å². The van der Waals surface area contributed by atoms with Crippen molar-refractivity contribution < 1.29 is 23.9 Å². The first-order chi connectivity index (χ1) is 15.0. The number of carbonyl (C=O) groups is 3. The number of carbonyl (C=O) groups excluding carboxylic acids is 3. The lowest BCUT2D eigenvalue weighted by Gasteiger charge is -2.38. The van der Waals surface area contributed by atoms with E-state index in [1.54, 1.807) is 31.3 Å². The average Bonchev–Trinajstić information content (AvgIpc) is 3.32. The third-order valence-corrected chi connectivity index (χ3v) is 6.78. The zero-order chi connectivity index (χ0) is 22.1. The number of thiophene rings is 1. The molecule has 7 nitrogen and oxygen atoms in total. The van der Waals surface area contributed by atoms with Crippen LogP contribution < -0.4 is 5.32 Å². The summed E-state index contributed by atoms with van der Waals surface area (Å²) in [5.74, 6) is -3.55. The second kappa shape index (κ2) is 8.47. The lowest BCUT2D eigenvalue weighted by Crippen LogP contribution is -2.43. The Labute approximate surface area is 183 Å². The van der Waals surface area contributed by atoms with Crippen LogP contribution >= 0.6 is 11.3 Å². The molecule has 2 aromatic heterocycles. The number of pyridine rings is 1. The predicted molar refractivity (Wildman–Crippen MR) is 114 cm³/mol. The molecular formula is C23H22N2O5S. The van der Waals surface area contributed by atoms with Crippen LogP contribution in [0.25, 0.3) is 0 Å². The van der Waals surface area contributed by atoms with Gasteiger partial charge in [0.2, 0.25) is 0 Å². The van der Waals surface area contributed by atoms with E-state index in [2.05, 4.69) is 10.3 Å². The summed E-state index contributed by atoms with van der Waals surface area (Å²) >= 11 is 1.50. The number of ketones is 1. The Morgan fingerprint density at radius 3 is 2.58 bits per heavy atom. The molecule has 0 spiro atoms. The van der Waals surface area contributed by atoms with Crippen molar-refractivity contribution in [3.63, 3.8) is 0 Å². The number of nitrogens with one attached hydrogen (secondary N) is 1. The monoisotopic (exact) mass is 438 g/mol. The van der Waals surface area contributed by atoms with Gasteiger partial charge in [-0.3, -0.25) is 14.6 Å². The van der Waals surface area contributed by atoms with Gasteiger partial charge in [-0.05, 0) is 36.9 Å². The molecule has 0 amide bonds. The maximum absolute atomic E-state index is 13.8. The topological polar surface area (TPSA) is 94.6 Å². The Morgan fingerprint density at radius 1 is 1.16 bits per heavy atom. The molecule has 2 aliphatic rings. The summed E-state index contributed by atoms with van der Waals surface area (Å²) in [6, 6.07) is 9.15. The van der Waals surface area contributed by atoms with Gasteiger partial charge in [0.1, 0.15) is 5.92 Å². The highest BCUT2D eigenvalue weighted by molar-refractivity contribution is 7.10. The number of methoxy groups -OCH3 is 2. The van der Waals surface area contributed by atoms with Gasteiger partial charge in [-0.15, -0.1) is 11.3 Å². The van der Waals surface area contributed by atoms with Gasteiger partial charge < -0.3 is 14.8 Å². The maximum atomic E-state index is 13.8. The third-order valence-electron chi connectivity index (χ3n) is 5.77. The number of nitrogens with zero attached hydrogens (tertiary/aromatic N) is 1. The molecule has 8 heteroatoms. The Hall–Kier alpha value is -3.26. The Morgan fingerprint density at radius 2 is 1.97 bits per heavy atom. The van der Waals surface area contributed by atoms with Crippen LogP contribution in [-0.2, 0) is 23.9 Å². The van der Waals surface area contributed by atoms with Gasteiger partial charge in [0.25, 0.3) is 0 Å². The number of Topliss-reactive ketones (excluding diaryl/α,β-unsaturated/α-hetero) is 1. The molecule has 160 valence electrons. The molecule has 1 aliphatic heterocycles. The molecule has 0 bridgehead atoms. The van der Waals surface area contributed by atoms with Crippen LogP contribution in [0.4, 0.5) is 0 Å². The van der Waals surface area contributed by atoms with E-state index in [0.717, 1.165) is 4.88 Å². The number of esters is 2.